The Morgan fingerprint density at radius 1 is 1.13 bits per heavy atom. The van der Waals surface area contributed by atoms with Crippen molar-refractivity contribution < 1.29 is 17.9 Å². The number of rotatable bonds is 4. The quantitative estimate of drug-likeness (QED) is 0.527. The Kier molecular flexibility index (Phi) is 5.94. The summed E-state index contributed by atoms with van der Waals surface area (Å²) < 4.78 is 47.1. The number of hydrazone groups is 1. The molecule has 10 heteroatoms. The molecule has 6 rings (SSSR count). The molecule has 2 N–H and O–H groups in total. The minimum Gasteiger partial charge on any atom is -0.495 e. The van der Waals surface area contributed by atoms with Crippen LogP contribution in [0, 0.1) is 12.3 Å². The first-order chi connectivity index (χ1) is 18.2. The summed E-state index contributed by atoms with van der Waals surface area (Å²) in [4.78, 5) is 6.57. The molecule has 3 aliphatic rings. The molecule has 4 heterocycles. The molecule has 1 unspecified atom stereocenters. The maximum absolute atomic E-state index is 13.2. The van der Waals surface area contributed by atoms with Crippen molar-refractivity contribution in [3.8, 4) is 11.4 Å². The summed E-state index contributed by atoms with van der Waals surface area (Å²) in [6, 6.07) is 11.5. The highest BCUT2D eigenvalue weighted by atomic mass is 19.4. The highest BCUT2D eigenvalue weighted by molar-refractivity contribution is 6.03. The van der Waals surface area contributed by atoms with Crippen LogP contribution in [0.1, 0.15) is 34.8 Å². The molecule has 1 aromatic heterocycles. The smallest absolute Gasteiger partial charge is 0.416 e. The number of halogens is 3. The van der Waals surface area contributed by atoms with Gasteiger partial charge in [-0.2, -0.15) is 18.3 Å². The third-order valence-corrected chi connectivity index (χ3v) is 7.63. The molecule has 0 bridgehead atoms. The van der Waals surface area contributed by atoms with Crippen molar-refractivity contribution in [3.05, 3.63) is 82.9 Å². The fourth-order valence-electron chi connectivity index (χ4n) is 5.65. The van der Waals surface area contributed by atoms with E-state index in [1.54, 1.807) is 25.6 Å². The van der Waals surface area contributed by atoms with Crippen LogP contribution in [0.25, 0.3) is 11.8 Å². The van der Waals surface area contributed by atoms with Crippen LogP contribution in [0.3, 0.4) is 0 Å². The van der Waals surface area contributed by atoms with E-state index in [1.165, 1.54) is 0 Å². The highest BCUT2D eigenvalue weighted by Crippen LogP contribution is 2.42. The first-order valence-electron chi connectivity index (χ1n) is 12.6. The Labute approximate surface area is 219 Å². The number of piperidine rings is 1. The minimum absolute atomic E-state index is 0.0602. The molecule has 0 aliphatic carbocycles. The number of hydrogen-bond acceptors (Lipinski definition) is 6. The van der Waals surface area contributed by atoms with Crippen LogP contribution in [0.15, 0.2) is 65.7 Å². The molecule has 2 saturated heterocycles. The molecule has 0 saturated carbocycles. The predicted molar refractivity (Wildman–Crippen MR) is 139 cm³/mol. The first-order valence-corrected chi connectivity index (χ1v) is 12.6. The molecule has 3 aromatic rings. The van der Waals surface area contributed by atoms with Gasteiger partial charge in [-0.1, -0.05) is 18.2 Å². The van der Waals surface area contributed by atoms with Crippen LogP contribution in [-0.2, 0) is 6.18 Å². The lowest BCUT2D eigenvalue weighted by Gasteiger charge is -2.53. The van der Waals surface area contributed by atoms with Gasteiger partial charge >= 0.3 is 6.18 Å². The number of ether oxygens (including phenoxy) is 1. The summed E-state index contributed by atoms with van der Waals surface area (Å²) in [6.45, 7) is 5.05. The van der Waals surface area contributed by atoms with Gasteiger partial charge in [-0.05, 0) is 60.4 Å². The molecule has 198 valence electrons. The Balaban J connectivity index is 1.34. The second kappa shape index (κ2) is 9.20. The fraction of sp³-hybridized carbons (Fsp3) is 0.357. The normalized spacial score (nSPS) is 21.5. The first kappa shape index (κ1) is 24.5. The van der Waals surface area contributed by atoms with Gasteiger partial charge in [0.25, 0.3) is 0 Å². The molecule has 2 aromatic carbocycles. The lowest BCUT2D eigenvalue weighted by atomic mass is 9.71. The van der Waals surface area contributed by atoms with Crippen LogP contribution >= 0.6 is 0 Å². The number of aryl methyl sites for hydroxylation is 1. The SMILES string of the molecule is COc1cc(/C=C2\CC3(CNC3)CN3C2=NNCC3c2ccc(C(F)(F)F)cc2)ccc1-n1cnc(C)c1. The second-order valence-corrected chi connectivity index (χ2v) is 10.4. The van der Waals surface area contributed by atoms with E-state index in [1.807, 2.05) is 29.8 Å². The van der Waals surface area contributed by atoms with Crippen LogP contribution in [0.5, 0.6) is 5.75 Å². The second-order valence-electron chi connectivity index (χ2n) is 10.4. The highest BCUT2D eigenvalue weighted by Gasteiger charge is 2.47. The van der Waals surface area contributed by atoms with E-state index >= 15 is 0 Å². The molecule has 3 aliphatic heterocycles. The Morgan fingerprint density at radius 3 is 2.55 bits per heavy atom. The van der Waals surface area contributed by atoms with Gasteiger partial charge in [0.15, 0.2) is 5.84 Å². The standard InChI is InChI=1S/C28H29F3N6O/c1-18-13-36(17-33-18)23-8-3-19(10-25(23)38-2)9-21-11-27(14-32-15-27)16-37-24(12-34-35-26(21)37)20-4-6-22(7-5-20)28(29,30)31/h3-10,13,17,24,32,34H,11-12,14-16H2,1-2H3/b21-9+. The van der Waals surface area contributed by atoms with Crippen molar-refractivity contribution in [1.82, 2.24) is 25.2 Å². The van der Waals surface area contributed by atoms with E-state index < -0.39 is 11.7 Å². The van der Waals surface area contributed by atoms with Crippen LogP contribution in [-0.4, -0.2) is 53.6 Å². The van der Waals surface area contributed by atoms with Crippen LogP contribution in [0.2, 0.25) is 0 Å². The number of nitrogens with zero attached hydrogens (tertiary/aromatic N) is 4. The molecule has 0 amide bonds. The predicted octanol–water partition coefficient (Wildman–Crippen LogP) is 4.54. The molecule has 7 nitrogen and oxygen atoms in total. The average Bonchev–Trinajstić information content (AvgIpc) is 3.32. The molecular formula is C28H29F3N6O. The van der Waals surface area contributed by atoms with Crippen LogP contribution < -0.4 is 15.5 Å². The monoisotopic (exact) mass is 522 g/mol. The lowest BCUT2D eigenvalue weighted by molar-refractivity contribution is -0.137. The van der Waals surface area contributed by atoms with E-state index in [-0.39, 0.29) is 11.5 Å². The zero-order valence-electron chi connectivity index (χ0n) is 21.2. The largest absolute Gasteiger partial charge is 0.495 e. The molecule has 1 spiro atoms. The fourth-order valence-corrected chi connectivity index (χ4v) is 5.65. The van der Waals surface area contributed by atoms with Crippen LogP contribution in [0.4, 0.5) is 13.2 Å². The molecule has 0 radical (unpaired) electrons. The van der Waals surface area contributed by atoms with Gasteiger partial charge in [-0.25, -0.2) is 4.98 Å². The number of hydrogen-bond donors (Lipinski definition) is 2. The van der Waals surface area contributed by atoms with E-state index in [0.29, 0.717) is 6.54 Å². The number of nitrogens with one attached hydrogen (secondary N) is 2. The number of benzene rings is 2. The number of methoxy groups -OCH3 is 1. The van der Waals surface area contributed by atoms with E-state index in [0.717, 1.165) is 77.9 Å². The molecule has 1 atom stereocenters. The Hall–Kier alpha value is -3.79. The Bertz CT molecular complexity index is 1400. The van der Waals surface area contributed by atoms with Gasteiger partial charge in [0.1, 0.15) is 5.75 Å². The minimum atomic E-state index is -4.36. The third-order valence-electron chi connectivity index (χ3n) is 7.63. The lowest BCUT2D eigenvalue weighted by Crippen LogP contribution is -2.64. The number of amidine groups is 1. The number of fused-ring (bicyclic) bond motifs is 1. The van der Waals surface area contributed by atoms with Crippen molar-refractivity contribution in [3.63, 3.8) is 0 Å². The van der Waals surface area contributed by atoms with Crippen molar-refractivity contribution in [1.29, 1.82) is 0 Å². The summed E-state index contributed by atoms with van der Waals surface area (Å²) in [5, 5.41) is 8.09. The molecular weight excluding hydrogens is 493 g/mol. The number of imidazole rings is 1. The summed E-state index contributed by atoms with van der Waals surface area (Å²) in [5.74, 6) is 1.57. The Morgan fingerprint density at radius 2 is 1.92 bits per heavy atom. The van der Waals surface area contributed by atoms with Gasteiger partial charge in [-0.3, -0.25) is 0 Å². The third kappa shape index (κ3) is 4.42. The van der Waals surface area contributed by atoms with Crippen molar-refractivity contribution in [2.45, 2.75) is 25.6 Å². The van der Waals surface area contributed by atoms with Crippen molar-refractivity contribution in [2.75, 3.05) is 33.3 Å². The molecule has 38 heavy (non-hydrogen) atoms. The van der Waals surface area contributed by atoms with Gasteiger partial charge in [0.05, 0.1) is 43.0 Å². The van der Waals surface area contributed by atoms with Crippen molar-refractivity contribution in [2.24, 2.45) is 10.5 Å². The van der Waals surface area contributed by atoms with Crippen molar-refractivity contribution >= 4 is 11.9 Å². The zero-order chi connectivity index (χ0) is 26.5. The molecule has 2 fully saturated rings. The zero-order valence-corrected chi connectivity index (χ0v) is 21.2. The summed E-state index contributed by atoms with van der Waals surface area (Å²) in [7, 11) is 1.65. The maximum Gasteiger partial charge on any atom is 0.416 e. The summed E-state index contributed by atoms with van der Waals surface area (Å²) in [6.07, 6.45) is 2.37. The summed E-state index contributed by atoms with van der Waals surface area (Å²) >= 11 is 0. The number of alkyl halides is 3. The maximum atomic E-state index is 13.2. The van der Waals surface area contributed by atoms with Gasteiger partial charge in [0, 0.05) is 31.2 Å². The van der Waals surface area contributed by atoms with E-state index in [9.17, 15) is 13.2 Å². The number of aromatic nitrogens is 2. The van der Waals surface area contributed by atoms with E-state index in [4.69, 9.17) is 4.74 Å². The average molecular weight is 523 g/mol. The van der Waals surface area contributed by atoms with Gasteiger partial charge < -0.3 is 24.9 Å². The topological polar surface area (TPSA) is 66.7 Å². The van der Waals surface area contributed by atoms with Gasteiger partial charge in [0.2, 0.25) is 0 Å². The van der Waals surface area contributed by atoms with E-state index in [2.05, 4.69) is 37.9 Å². The summed E-state index contributed by atoms with van der Waals surface area (Å²) in [5.41, 5.74) is 7.31. The van der Waals surface area contributed by atoms with Gasteiger partial charge in [-0.15, -0.1) is 0 Å².